The van der Waals surface area contributed by atoms with Crippen molar-refractivity contribution in [1.82, 2.24) is 4.98 Å². The van der Waals surface area contributed by atoms with Gasteiger partial charge >= 0.3 is 0 Å². The molecule has 0 aliphatic heterocycles. The van der Waals surface area contributed by atoms with E-state index >= 15 is 0 Å². The third-order valence-electron chi connectivity index (χ3n) is 2.76. The molecule has 2 aromatic heterocycles. The summed E-state index contributed by atoms with van der Waals surface area (Å²) in [5.41, 5.74) is 1.33. The molecule has 0 radical (unpaired) electrons. The van der Waals surface area contributed by atoms with E-state index in [-0.39, 0.29) is 6.61 Å². The summed E-state index contributed by atoms with van der Waals surface area (Å²) < 4.78 is 5.23. The smallest absolute Gasteiger partial charge is 0.147 e. The highest BCUT2D eigenvalue weighted by Crippen LogP contribution is 2.21. The van der Waals surface area contributed by atoms with Crippen molar-refractivity contribution < 1.29 is 9.52 Å². The minimum absolute atomic E-state index is 0.0237. The Bertz CT molecular complexity index is 602. The average Bonchev–Trinajstić information content (AvgIpc) is 2.95. The topological polar surface area (TPSA) is 94.1 Å². The van der Waals surface area contributed by atoms with Gasteiger partial charge in [0.05, 0.1) is 25.0 Å². The lowest BCUT2D eigenvalue weighted by molar-refractivity contribution is 0.311. The number of aliphatic hydroxyl groups is 1. The van der Waals surface area contributed by atoms with Gasteiger partial charge in [-0.25, -0.2) is 4.98 Å². The molecule has 6 heteroatoms. The molecule has 0 fully saturated rings. The first kappa shape index (κ1) is 13.9. The first-order chi connectivity index (χ1) is 9.74. The Labute approximate surface area is 117 Å². The zero-order valence-electron chi connectivity index (χ0n) is 11.2. The maximum atomic E-state index is 9.21. The first-order valence-electron chi connectivity index (χ1n) is 6.27. The number of nitrogens with zero attached hydrogens (tertiary/aromatic N) is 2. The number of rotatable bonds is 6. The molecule has 0 saturated heterocycles. The van der Waals surface area contributed by atoms with Crippen LogP contribution in [0.2, 0.25) is 0 Å². The van der Waals surface area contributed by atoms with Crippen molar-refractivity contribution >= 4 is 11.6 Å². The fourth-order valence-corrected chi connectivity index (χ4v) is 1.80. The van der Waals surface area contributed by atoms with Gasteiger partial charge in [0, 0.05) is 6.54 Å². The molecule has 2 heterocycles. The molecule has 2 aromatic rings. The second kappa shape index (κ2) is 6.59. The standard InChI is InChI=1S/C14H16N4O2/c1-10-7-13(16-4-5-19)18-14(12(10)8-15)17-9-11-3-2-6-20-11/h2-3,6-7,19H,4-5,9H2,1H3,(H2,16,17,18). The Morgan fingerprint density at radius 1 is 1.45 bits per heavy atom. The quantitative estimate of drug-likeness (QED) is 0.743. The van der Waals surface area contributed by atoms with E-state index in [1.54, 1.807) is 18.4 Å². The Morgan fingerprint density at radius 3 is 2.95 bits per heavy atom. The van der Waals surface area contributed by atoms with Crippen LogP contribution in [0.1, 0.15) is 16.9 Å². The molecule has 0 saturated carbocycles. The number of nitrogens with one attached hydrogen (secondary N) is 2. The SMILES string of the molecule is Cc1cc(NCCO)nc(NCc2ccco2)c1C#N. The maximum absolute atomic E-state index is 9.21. The molecular weight excluding hydrogens is 256 g/mol. The van der Waals surface area contributed by atoms with Crippen LogP contribution in [0, 0.1) is 18.3 Å². The maximum Gasteiger partial charge on any atom is 0.147 e. The van der Waals surface area contributed by atoms with Crippen LogP contribution in [0.25, 0.3) is 0 Å². The van der Waals surface area contributed by atoms with E-state index in [0.717, 1.165) is 11.3 Å². The molecule has 104 valence electrons. The van der Waals surface area contributed by atoms with Crippen molar-refractivity contribution in [3.63, 3.8) is 0 Å². The minimum atomic E-state index is 0.0237. The molecular formula is C14H16N4O2. The van der Waals surface area contributed by atoms with Crippen molar-refractivity contribution in [2.75, 3.05) is 23.8 Å². The molecule has 0 bridgehead atoms. The van der Waals surface area contributed by atoms with Crippen LogP contribution in [0.15, 0.2) is 28.9 Å². The number of aliphatic hydroxyl groups excluding tert-OH is 1. The molecule has 6 nitrogen and oxygen atoms in total. The first-order valence-corrected chi connectivity index (χ1v) is 6.27. The van der Waals surface area contributed by atoms with E-state index in [0.29, 0.717) is 30.3 Å². The van der Waals surface area contributed by atoms with Gasteiger partial charge in [-0.15, -0.1) is 0 Å². The van der Waals surface area contributed by atoms with E-state index < -0.39 is 0 Å². The Hall–Kier alpha value is -2.52. The summed E-state index contributed by atoms with van der Waals surface area (Å²) in [5, 5.41) is 24.1. The molecule has 2 rings (SSSR count). The van der Waals surface area contributed by atoms with Crippen molar-refractivity contribution in [2.45, 2.75) is 13.5 Å². The molecule has 0 spiro atoms. The number of aromatic nitrogens is 1. The summed E-state index contributed by atoms with van der Waals surface area (Å²) in [5.74, 6) is 1.89. The van der Waals surface area contributed by atoms with Crippen molar-refractivity contribution in [3.05, 3.63) is 41.3 Å². The zero-order chi connectivity index (χ0) is 14.4. The van der Waals surface area contributed by atoms with Gasteiger partial charge in [0.2, 0.25) is 0 Å². The summed E-state index contributed by atoms with van der Waals surface area (Å²) in [4.78, 5) is 4.34. The number of pyridine rings is 1. The molecule has 0 atom stereocenters. The second-order valence-electron chi connectivity index (χ2n) is 4.24. The van der Waals surface area contributed by atoms with Crippen molar-refractivity contribution in [2.24, 2.45) is 0 Å². The molecule has 20 heavy (non-hydrogen) atoms. The fourth-order valence-electron chi connectivity index (χ4n) is 1.80. The third-order valence-corrected chi connectivity index (χ3v) is 2.76. The third kappa shape index (κ3) is 3.28. The van der Waals surface area contributed by atoms with E-state index in [2.05, 4.69) is 21.7 Å². The van der Waals surface area contributed by atoms with Gasteiger partial charge in [-0.05, 0) is 30.7 Å². The second-order valence-corrected chi connectivity index (χ2v) is 4.24. The van der Waals surface area contributed by atoms with Crippen LogP contribution in [0.3, 0.4) is 0 Å². The van der Waals surface area contributed by atoms with E-state index in [1.165, 1.54) is 0 Å². The van der Waals surface area contributed by atoms with Crippen LogP contribution in [-0.2, 0) is 6.54 Å². The molecule has 0 aliphatic rings. The van der Waals surface area contributed by atoms with Crippen molar-refractivity contribution in [3.8, 4) is 6.07 Å². The van der Waals surface area contributed by atoms with Gasteiger partial charge in [0.15, 0.2) is 0 Å². The van der Waals surface area contributed by atoms with Gasteiger partial charge in [0.25, 0.3) is 0 Å². The molecule has 0 aliphatic carbocycles. The number of furan rings is 1. The predicted octanol–water partition coefficient (Wildman–Crippen LogP) is 1.87. The van der Waals surface area contributed by atoms with Crippen LogP contribution in [0.4, 0.5) is 11.6 Å². The summed E-state index contributed by atoms with van der Waals surface area (Å²) in [6.45, 7) is 2.74. The molecule has 3 N–H and O–H groups in total. The van der Waals surface area contributed by atoms with E-state index in [1.807, 2.05) is 13.0 Å². The molecule has 0 aromatic carbocycles. The normalized spacial score (nSPS) is 10.1. The fraction of sp³-hybridized carbons (Fsp3) is 0.286. The van der Waals surface area contributed by atoms with Gasteiger partial charge < -0.3 is 20.2 Å². The number of hydrogen-bond acceptors (Lipinski definition) is 6. The van der Waals surface area contributed by atoms with Crippen LogP contribution in [-0.4, -0.2) is 23.2 Å². The number of aryl methyl sites for hydroxylation is 1. The number of nitriles is 1. The highest BCUT2D eigenvalue weighted by molar-refractivity contribution is 5.60. The summed E-state index contributed by atoms with van der Waals surface area (Å²) in [7, 11) is 0. The number of hydrogen-bond donors (Lipinski definition) is 3. The minimum Gasteiger partial charge on any atom is -0.467 e. The van der Waals surface area contributed by atoms with Crippen LogP contribution < -0.4 is 10.6 Å². The lowest BCUT2D eigenvalue weighted by atomic mass is 10.1. The van der Waals surface area contributed by atoms with Crippen molar-refractivity contribution in [1.29, 1.82) is 5.26 Å². The van der Waals surface area contributed by atoms with Gasteiger partial charge in [-0.1, -0.05) is 0 Å². The van der Waals surface area contributed by atoms with Gasteiger partial charge in [0.1, 0.15) is 23.5 Å². The van der Waals surface area contributed by atoms with E-state index in [4.69, 9.17) is 9.52 Å². The Morgan fingerprint density at radius 2 is 2.30 bits per heavy atom. The lowest BCUT2D eigenvalue weighted by Crippen LogP contribution is -2.10. The lowest BCUT2D eigenvalue weighted by Gasteiger charge is -2.11. The van der Waals surface area contributed by atoms with Gasteiger partial charge in [-0.2, -0.15) is 5.26 Å². The van der Waals surface area contributed by atoms with Gasteiger partial charge in [-0.3, -0.25) is 0 Å². The summed E-state index contributed by atoms with van der Waals surface area (Å²) in [6, 6.07) is 7.58. The molecule has 0 unspecified atom stereocenters. The van der Waals surface area contributed by atoms with Crippen LogP contribution in [0.5, 0.6) is 0 Å². The highest BCUT2D eigenvalue weighted by atomic mass is 16.3. The van der Waals surface area contributed by atoms with E-state index in [9.17, 15) is 5.26 Å². The summed E-state index contributed by atoms with van der Waals surface area (Å²) in [6.07, 6.45) is 1.60. The average molecular weight is 272 g/mol. The number of anilines is 2. The molecule has 0 amide bonds. The Balaban J connectivity index is 2.19. The Kier molecular flexibility index (Phi) is 4.58. The zero-order valence-corrected chi connectivity index (χ0v) is 11.2. The predicted molar refractivity (Wildman–Crippen MR) is 75.3 cm³/mol. The summed E-state index contributed by atoms with van der Waals surface area (Å²) >= 11 is 0. The monoisotopic (exact) mass is 272 g/mol. The van der Waals surface area contributed by atoms with Crippen LogP contribution >= 0.6 is 0 Å². The highest BCUT2D eigenvalue weighted by Gasteiger charge is 2.10. The largest absolute Gasteiger partial charge is 0.467 e.